The van der Waals surface area contributed by atoms with Gasteiger partial charge in [0, 0.05) is 11.6 Å². The molecule has 2 aromatic rings. The summed E-state index contributed by atoms with van der Waals surface area (Å²) in [5, 5.41) is 0.895. The highest BCUT2D eigenvalue weighted by atomic mass is 35.5. The molecule has 0 unspecified atom stereocenters. The second-order valence-electron chi connectivity index (χ2n) is 4.36. The Hall–Kier alpha value is -1.91. The van der Waals surface area contributed by atoms with Crippen molar-refractivity contribution in [3.8, 4) is 17.2 Å². The molecular formula is C15H10Cl2O4. The molecule has 0 bridgehead atoms. The molecule has 0 saturated heterocycles. The number of hydrogen-bond donors (Lipinski definition) is 0. The molecule has 1 heterocycles. The smallest absolute Gasteiger partial charge is 0.231 e. The molecule has 0 amide bonds. The first kappa shape index (κ1) is 14.0. The van der Waals surface area contributed by atoms with Crippen LogP contribution in [0.3, 0.4) is 0 Å². The maximum atomic E-state index is 11.1. The van der Waals surface area contributed by atoms with Crippen LogP contribution in [0.2, 0.25) is 10.0 Å². The molecule has 3 rings (SSSR count). The molecule has 1 aliphatic heterocycles. The van der Waals surface area contributed by atoms with Crippen molar-refractivity contribution in [3.63, 3.8) is 0 Å². The average molecular weight is 325 g/mol. The fourth-order valence-corrected chi connectivity index (χ4v) is 2.35. The second-order valence-corrected chi connectivity index (χ2v) is 5.15. The minimum atomic E-state index is 0.136. The zero-order chi connectivity index (χ0) is 14.8. The van der Waals surface area contributed by atoms with Crippen LogP contribution < -0.4 is 14.2 Å². The molecule has 6 heteroatoms. The van der Waals surface area contributed by atoms with Gasteiger partial charge in [0.15, 0.2) is 17.8 Å². The molecule has 108 valence electrons. The summed E-state index contributed by atoms with van der Waals surface area (Å²) < 4.78 is 16.2. The minimum Gasteiger partial charge on any atom is -0.488 e. The Morgan fingerprint density at radius 1 is 1.19 bits per heavy atom. The van der Waals surface area contributed by atoms with Gasteiger partial charge in [-0.25, -0.2) is 0 Å². The summed E-state index contributed by atoms with van der Waals surface area (Å²) in [6.45, 7) is 0.330. The first-order valence-corrected chi connectivity index (χ1v) is 6.89. The lowest BCUT2D eigenvalue weighted by Crippen LogP contribution is -1.99. The number of benzene rings is 2. The number of rotatable bonds is 4. The van der Waals surface area contributed by atoms with Gasteiger partial charge < -0.3 is 14.2 Å². The Bertz CT molecular complexity index is 700. The van der Waals surface area contributed by atoms with Crippen LogP contribution in [0, 0.1) is 0 Å². The van der Waals surface area contributed by atoms with Gasteiger partial charge in [0.25, 0.3) is 0 Å². The summed E-state index contributed by atoms with van der Waals surface area (Å²) in [7, 11) is 0. The monoisotopic (exact) mass is 324 g/mol. The van der Waals surface area contributed by atoms with Crippen molar-refractivity contribution in [1.29, 1.82) is 0 Å². The molecule has 0 saturated carbocycles. The standard InChI is InChI=1S/C15H10Cl2O4/c16-11-3-1-2-9(15(11)17)7-19-12-5-14-13(20-8-21-14)4-10(12)6-18/h1-6H,7-8H2. The highest BCUT2D eigenvalue weighted by molar-refractivity contribution is 6.42. The van der Waals surface area contributed by atoms with E-state index < -0.39 is 0 Å². The summed E-state index contributed by atoms with van der Waals surface area (Å²) in [6.07, 6.45) is 0.705. The summed E-state index contributed by atoms with van der Waals surface area (Å²) in [5.41, 5.74) is 1.12. The van der Waals surface area contributed by atoms with Crippen LogP contribution in [0.5, 0.6) is 17.2 Å². The van der Waals surface area contributed by atoms with Crippen LogP contribution >= 0.6 is 23.2 Å². The van der Waals surface area contributed by atoms with E-state index >= 15 is 0 Å². The van der Waals surface area contributed by atoms with Crippen LogP contribution in [0.25, 0.3) is 0 Å². The summed E-state index contributed by atoms with van der Waals surface area (Å²) in [4.78, 5) is 11.1. The largest absolute Gasteiger partial charge is 0.488 e. The number of carbonyl (C=O) groups excluding carboxylic acids is 1. The molecule has 0 aliphatic carbocycles. The lowest BCUT2D eigenvalue weighted by atomic mass is 10.2. The van der Waals surface area contributed by atoms with E-state index in [9.17, 15) is 4.79 Å². The SMILES string of the molecule is O=Cc1cc2c(cc1OCc1cccc(Cl)c1Cl)OCO2. The Balaban J connectivity index is 1.85. The number of aldehydes is 1. The molecule has 21 heavy (non-hydrogen) atoms. The third-order valence-electron chi connectivity index (χ3n) is 3.05. The fraction of sp³-hybridized carbons (Fsp3) is 0.133. The van der Waals surface area contributed by atoms with Gasteiger partial charge in [0.1, 0.15) is 12.4 Å². The topological polar surface area (TPSA) is 44.8 Å². The Kier molecular flexibility index (Phi) is 3.90. The fourth-order valence-electron chi connectivity index (χ4n) is 1.97. The molecule has 0 radical (unpaired) electrons. The maximum absolute atomic E-state index is 11.1. The molecule has 0 aromatic heterocycles. The summed E-state index contributed by atoms with van der Waals surface area (Å²) in [6, 6.07) is 8.51. The van der Waals surface area contributed by atoms with Crippen molar-refractivity contribution < 1.29 is 19.0 Å². The predicted octanol–water partition coefficient (Wildman–Crippen LogP) is 4.11. The van der Waals surface area contributed by atoms with Gasteiger partial charge in [-0.1, -0.05) is 35.3 Å². The van der Waals surface area contributed by atoms with E-state index in [0.29, 0.717) is 39.1 Å². The Labute approximate surface area is 131 Å². The average Bonchev–Trinajstić information content (AvgIpc) is 2.95. The maximum Gasteiger partial charge on any atom is 0.231 e. The van der Waals surface area contributed by atoms with E-state index in [0.717, 1.165) is 5.56 Å². The van der Waals surface area contributed by atoms with Crippen LogP contribution in [-0.2, 0) is 6.61 Å². The number of carbonyl (C=O) groups is 1. The zero-order valence-corrected chi connectivity index (χ0v) is 12.3. The van der Waals surface area contributed by atoms with Crippen molar-refractivity contribution in [2.75, 3.05) is 6.79 Å². The highest BCUT2D eigenvalue weighted by Gasteiger charge is 2.18. The Morgan fingerprint density at radius 3 is 2.71 bits per heavy atom. The molecule has 0 spiro atoms. The number of fused-ring (bicyclic) bond motifs is 1. The van der Waals surface area contributed by atoms with Gasteiger partial charge in [-0.15, -0.1) is 0 Å². The van der Waals surface area contributed by atoms with Crippen molar-refractivity contribution in [2.45, 2.75) is 6.61 Å². The van der Waals surface area contributed by atoms with Crippen LogP contribution in [0.4, 0.5) is 0 Å². The van der Waals surface area contributed by atoms with E-state index in [1.165, 1.54) is 0 Å². The van der Waals surface area contributed by atoms with Crippen LogP contribution in [-0.4, -0.2) is 13.1 Å². The minimum absolute atomic E-state index is 0.136. The molecule has 0 fully saturated rings. The van der Waals surface area contributed by atoms with Gasteiger partial charge >= 0.3 is 0 Å². The lowest BCUT2D eigenvalue weighted by molar-refractivity contribution is 0.111. The third-order valence-corrected chi connectivity index (χ3v) is 3.90. The third kappa shape index (κ3) is 2.77. The van der Waals surface area contributed by atoms with Crippen molar-refractivity contribution in [1.82, 2.24) is 0 Å². The lowest BCUT2D eigenvalue weighted by Gasteiger charge is -2.11. The molecule has 1 aliphatic rings. The quantitative estimate of drug-likeness (QED) is 0.794. The Morgan fingerprint density at radius 2 is 1.95 bits per heavy atom. The van der Waals surface area contributed by atoms with Gasteiger partial charge in [-0.05, 0) is 12.1 Å². The summed E-state index contributed by atoms with van der Waals surface area (Å²) in [5.74, 6) is 1.49. The van der Waals surface area contributed by atoms with Crippen molar-refractivity contribution in [3.05, 3.63) is 51.5 Å². The number of hydrogen-bond acceptors (Lipinski definition) is 4. The second kappa shape index (κ2) is 5.84. The first-order valence-electron chi connectivity index (χ1n) is 6.13. The normalized spacial score (nSPS) is 12.3. The van der Waals surface area contributed by atoms with Crippen molar-refractivity contribution in [2.24, 2.45) is 0 Å². The van der Waals surface area contributed by atoms with E-state index in [4.69, 9.17) is 37.4 Å². The summed E-state index contributed by atoms with van der Waals surface area (Å²) >= 11 is 12.1. The molecule has 0 atom stereocenters. The van der Waals surface area contributed by atoms with E-state index in [-0.39, 0.29) is 13.4 Å². The van der Waals surface area contributed by atoms with Gasteiger partial charge in [-0.2, -0.15) is 0 Å². The van der Waals surface area contributed by atoms with E-state index in [1.807, 2.05) is 6.07 Å². The highest BCUT2D eigenvalue weighted by Crippen LogP contribution is 2.38. The molecular weight excluding hydrogens is 315 g/mol. The van der Waals surface area contributed by atoms with Crippen LogP contribution in [0.15, 0.2) is 30.3 Å². The number of halogens is 2. The molecule has 0 N–H and O–H groups in total. The molecule has 2 aromatic carbocycles. The first-order chi connectivity index (χ1) is 10.2. The van der Waals surface area contributed by atoms with E-state index in [2.05, 4.69) is 0 Å². The van der Waals surface area contributed by atoms with Crippen molar-refractivity contribution >= 4 is 29.5 Å². The molecule has 4 nitrogen and oxygen atoms in total. The predicted molar refractivity (Wildman–Crippen MR) is 78.7 cm³/mol. The van der Waals surface area contributed by atoms with E-state index in [1.54, 1.807) is 24.3 Å². The van der Waals surface area contributed by atoms with Gasteiger partial charge in [0.2, 0.25) is 6.79 Å². The van der Waals surface area contributed by atoms with Gasteiger partial charge in [-0.3, -0.25) is 4.79 Å². The zero-order valence-electron chi connectivity index (χ0n) is 10.8. The number of ether oxygens (including phenoxy) is 3. The van der Waals surface area contributed by atoms with Crippen LogP contribution in [0.1, 0.15) is 15.9 Å². The van der Waals surface area contributed by atoms with Gasteiger partial charge in [0.05, 0.1) is 15.6 Å².